The first-order chi connectivity index (χ1) is 9.49. The lowest BCUT2D eigenvalue weighted by Crippen LogP contribution is -2.10. The SMILES string of the molecule is CC#CCOc1ccc(S(=O)(=O)CCC(C)CC)cc1. The summed E-state index contributed by atoms with van der Waals surface area (Å²) in [7, 11) is -3.19. The molecule has 0 aliphatic carbocycles. The van der Waals surface area contributed by atoms with Gasteiger partial charge in [0.25, 0.3) is 0 Å². The van der Waals surface area contributed by atoms with Crippen LogP contribution < -0.4 is 4.74 Å². The second-order valence-electron chi connectivity index (χ2n) is 4.81. The van der Waals surface area contributed by atoms with E-state index in [1.54, 1.807) is 31.2 Å². The fourth-order valence-electron chi connectivity index (χ4n) is 1.61. The van der Waals surface area contributed by atoms with Crippen molar-refractivity contribution in [3.63, 3.8) is 0 Å². The third-order valence-corrected chi connectivity index (χ3v) is 5.01. The van der Waals surface area contributed by atoms with E-state index in [0.717, 1.165) is 6.42 Å². The lowest BCUT2D eigenvalue weighted by atomic mass is 10.1. The maximum atomic E-state index is 12.2. The molecule has 1 unspecified atom stereocenters. The molecule has 0 N–H and O–H groups in total. The van der Waals surface area contributed by atoms with Gasteiger partial charge in [0, 0.05) is 0 Å². The number of sulfone groups is 1. The summed E-state index contributed by atoms with van der Waals surface area (Å²) in [5, 5.41) is 0. The van der Waals surface area contributed by atoms with Crippen LogP contribution in [0.5, 0.6) is 5.75 Å². The summed E-state index contributed by atoms with van der Waals surface area (Å²) in [5.41, 5.74) is 0. The molecular weight excluding hydrogens is 272 g/mol. The maximum absolute atomic E-state index is 12.2. The molecule has 0 aromatic heterocycles. The first-order valence-corrected chi connectivity index (χ1v) is 8.50. The number of hydrogen-bond acceptors (Lipinski definition) is 3. The van der Waals surface area contributed by atoms with E-state index in [1.807, 2.05) is 0 Å². The van der Waals surface area contributed by atoms with Crippen LogP contribution in [0.4, 0.5) is 0 Å². The van der Waals surface area contributed by atoms with Crippen molar-refractivity contribution in [3.8, 4) is 17.6 Å². The molecule has 0 spiro atoms. The molecular formula is C16H22O3S. The zero-order valence-corrected chi connectivity index (χ0v) is 13.2. The highest BCUT2D eigenvalue weighted by Gasteiger charge is 2.15. The molecule has 0 amide bonds. The summed E-state index contributed by atoms with van der Waals surface area (Å²) in [6.45, 7) is 6.21. The maximum Gasteiger partial charge on any atom is 0.178 e. The summed E-state index contributed by atoms with van der Waals surface area (Å²) in [5.74, 6) is 6.79. The smallest absolute Gasteiger partial charge is 0.178 e. The van der Waals surface area contributed by atoms with E-state index in [4.69, 9.17) is 4.74 Å². The number of benzene rings is 1. The minimum atomic E-state index is -3.19. The van der Waals surface area contributed by atoms with Gasteiger partial charge in [0.2, 0.25) is 0 Å². The van der Waals surface area contributed by atoms with Crippen LogP contribution >= 0.6 is 0 Å². The highest BCUT2D eigenvalue weighted by molar-refractivity contribution is 7.91. The standard InChI is InChI=1S/C16H22O3S/c1-4-6-12-19-15-7-9-16(10-8-15)20(17,18)13-11-14(3)5-2/h7-10,14H,5,11-13H2,1-3H3. The molecule has 1 aromatic carbocycles. The van der Waals surface area contributed by atoms with Crippen LogP contribution in [0.1, 0.15) is 33.6 Å². The Morgan fingerprint density at radius 1 is 1.25 bits per heavy atom. The minimum absolute atomic E-state index is 0.198. The zero-order chi connectivity index (χ0) is 15.0. The first kappa shape index (κ1) is 16.6. The Balaban J connectivity index is 2.68. The summed E-state index contributed by atoms with van der Waals surface area (Å²) in [6, 6.07) is 6.54. The highest BCUT2D eigenvalue weighted by atomic mass is 32.2. The Labute approximate surface area is 122 Å². The molecule has 0 aliphatic rings. The topological polar surface area (TPSA) is 43.4 Å². The predicted molar refractivity (Wildman–Crippen MR) is 81.5 cm³/mol. The minimum Gasteiger partial charge on any atom is -0.481 e. The normalized spacial score (nSPS) is 12.3. The number of hydrogen-bond donors (Lipinski definition) is 0. The fraction of sp³-hybridized carbons (Fsp3) is 0.500. The second-order valence-corrected chi connectivity index (χ2v) is 6.92. The molecule has 1 aromatic rings. The Bertz CT molecular complexity index is 562. The Hall–Kier alpha value is -1.47. The molecule has 4 heteroatoms. The van der Waals surface area contributed by atoms with Crippen LogP contribution in [-0.4, -0.2) is 20.8 Å². The molecule has 0 bridgehead atoms. The summed E-state index contributed by atoms with van der Waals surface area (Å²) >= 11 is 0. The van der Waals surface area contributed by atoms with Gasteiger partial charge in [0.1, 0.15) is 12.4 Å². The second kappa shape index (κ2) is 7.96. The van der Waals surface area contributed by atoms with Crippen LogP contribution in [0, 0.1) is 17.8 Å². The fourth-order valence-corrected chi connectivity index (χ4v) is 3.11. The summed E-state index contributed by atoms with van der Waals surface area (Å²) < 4.78 is 29.7. The highest BCUT2D eigenvalue weighted by Crippen LogP contribution is 2.19. The third kappa shape index (κ3) is 5.26. The van der Waals surface area contributed by atoms with Gasteiger partial charge < -0.3 is 4.74 Å². The van der Waals surface area contributed by atoms with Gasteiger partial charge in [-0.2, -0.15) is 0 Å². The predicted octanol–water partition coefficient (Wildman–Crippen LogP) is 3.30. The molecule has 3 nitrogen and oxygen atoms in total. The molecule has 1 atom stereocenters. The molecule has 0 fully saturated rings. The van der Waals surface area contributed by atoms with Gasteiger partial charge in [-0.3, -0.25) is 0 Å². The molecule has 0 saturated heterocycles. The lowest BCUT2D eigenvalue weighted by Gasteiger charge is -2.09. The van der Waals surface area contributed by atoms with Crippen molar-refractivity contribution in [1.82, 2.24) is 0 Å². The number of rotatable bonds is 7. The zero-order valence-electron chi connectivity index (χ0n) is 12.3. The third-order valence-electron chi connectivity index (χ3n) is 3.25. The van der Waals surface area contributed by atoms with Gasteiger partial charge in [-0.1, -0.05) is 26.2 Å². The van der Waals surface area contributed by atoms with Gasteiger partial charge in [-0.25, -0.2) is 8.42 Å². The van der Waals surface area contributed by atoms with Crippen LogP contribution in [0.25, 0.3) is 0 Å². The van der Waals surface area contributed by atoms with Gasteiger partial charge in [0.15, 0.2) is 9.84 Å². The van der Waals surface area contributed by atoms with E-state index >= 15 is 0 Å². The van der Waals surface area contributed by atoms with Gasteiger partial charge in [-0.15, -0.1) is 5.92 Å². The van der Waals surface area contributed by atoms with Crippen LogP contribution in [0.15, 0.2) is 29.2 Å². The van der Waals surface area contributed by atoms with E-state index in [1.165, 1.54) is 0 Å². The van der Waals surface area contributed by atoms with Crippen molar-refractivity contribution in [3.05, 3.63) is 24.3 Å². The van der Waals surface area contributed by atoms with Crippen LogP contribution in [-0.2, 0) is 9.84 Å². The molecule has 0 aliphatic heterocycles. The van der Waals surface area contributed by atoms with Crippen molar-refractivity contribution in [2.45, 2.75) is 38.5 Å². The van der Waals surface area contributed by atoms with Crippen LogP contribution in [0.3, 0.4) is 0 Å². The Kier molecular flexibility index (Phi) is 6.60. The van der Waals surface area contributed by atoms with Crippen molar-refractivity contribution < 1.29 is 13.2 Å². The van der Waals surface area contributed by atoms with Crippen molar-refractivity contribution in [2.75, 3.05) is 12.4 Å². The molecule has 20 heavy (non-hydrogen) atoms. The van der Waals surface area contributed by atoms with E-state index in [2.05, 4.69) is 25.7 Å². The average Bonchev–Trinajstić information content (AvgIpc) is 2.45. The van der Waals surface area contributed by atoms with Crippen molar-refractivity contribution in [2.24, 2.45) is 5.92 Å². The molecule has 0 saturated carbocycles. The van der Waals surface area contributed by atoms with Gasteiger partial charge >= 0.3 is 0 Å². The molecule has 1 rings (SSSR count). The lowest BCUT2D eigenvalue weighted by molar-refractivity contribution is 0.370. The Morgan fingerprint density at radius 3 is 2.45 bits per heavy atom. The first-order valence-electron chi connectivity index (χ1n) is 6.84. The molecule has 0 radical (unpaired) electrons. The monoisotopic (exact) mass is 294 g/mol. The summed E-state index contributed by atoms with van der Waals surface area (Å²) in [4.78, 5) is 0.356. The van der Waals surface area contributed by atoms with E-state index < -0.39 is 9.84 Å². The number of ether oxygens (including phenoxy) is 1. The average molecular weight is 294 g/mol. The van der Waals surface area contributed by atoms with E-state index in [-0.39, 0.29) is 5.75 Å². The van der Waals surface area contributed by atoms with Gasteiger partial charge in [0.05, 0.1) is 10.6 Å². The van der Waals surface area contributed by atoms with Crippen LogP contribution in [0.2, 0.25) is 0 Å². The van der Waals surface area contributed by atoms with Crippen molar-refractivity contribution in [1.29, 1.82) is 0 Å². The Morgan fingerprint density at radius 2 is 1.90 bits per heavy atom. The molecule has 0 heterocycles. The van der Waals surface area contributed by atoms with Crippen molar-refractivity contribution >= 4 is 9.84 Å². The summed E-state index contributed by atoms with van der Waals surface area (Å²) in [6.07, 6.45) is 1.70. The van der Waals surface area contributed by atoms with Gasteiger partial charge in [-0.05, 0) is 43.5 Å². The molecule has 110 valence electrons. The van der Waals surface area contributed by atoms with E-state index in [0.29, 0.717) is 29.6 Å². The largest absolute Gasteiger partial charge is 0.481 e. The quantitative estimate of drug-likeness (QED) is 0.725. The van der Waals surface area contributed by atoms with E-state index in [9.17, 15) is 8.42 Å².